The number of nitrogens with one attached hydrogen (secondary N) is 1. The minimum atomic E-state index is -1.44. The monoisotopic (exact) mass is 513 g/mol. The van der Waals surface area contributed by atoms with Crippen molar-refractivity contribution in [2.24, 2.45) is 11.1 Å². The van der Waals surface area contributed by atoms with Crippen molar-refractivity contribution in [2.45, 2.75) is 57.8 Å². The highest BCUT2D eigenvalue weighted by Gasteiger charge is 2.51. The molecule has 0 spiro atoms. The van der Waals surface area contributed by atoms with E-state index >= 15 is 0 Å². The van der Waals surface area contributed by atoms with Crippen molar-refractivity contribution in [3.05, 3.63) is 57.6 Å². The number of esters is 1. The summed E-state index contributed by atoms with van der Waals surface area (Å²) in [6.45, 7) is 2.31. The Morgan fingerprint density at radius 1 is 1.31 bits per heavy atom. The first-order valence-corrected chi connectivity index (χ1v) is 12.7. The second-order valence-corrected chi connectivity index (χ2v) is 10.1. The van der Waals surface area contributed by atoms with E-state index in [2.05, 4.69) is 21.5 Å². The highest BCUT2D eigenvalue weighted by molar-refractivity contribution is 7.09. The van der Waals surface area contributed by atoms with Gasteiger partial charge in [-0.25, -0.2) is 4.39 Å². The van der Waals surface area contributed by atoms with Crippen LogP contribution in [0.2, 0.25) is 0 Å². The van der Waals surface area contributed by atoms with Gasteiger partial charge in [-0.05, 0) is 35.9 Å². The van der Waals surface area contributed by atoms with E-state index in [0.717, 1.165) is 28.8 Å². The number of rotatable bonds is 10. The molecule has 2 aromatic heterocycles. The first kappa shape index (κ1) is 25.7. The molecule has 2 atom stereocenters. The molecule has 0 aromatic carbocycles. The first-order chi connectivity index (χ1) is 17.3. The van der Waals surface area contributed by atoms with Crippen LogP contribution in [-0.2, 0) is 37.0 Å². The Hall–Kier alpha value is -3.40. The molecule has 2 aliphatic rings. The highest BCUT2D eigenvalue weighted by Crippen LogP contribution is 2.35. The largest absolute Gasteiger partial charge is 0.460 e. The Labute approximate surface area is 212 Å². The van der Waals surface area contributed by atoms with E-state index in [-0.39, 0.29) is 18.9 Å². The van der Waals surface area contributed by atoms with Gasteiger partial charge in [0.25, 0.3) is 5.91 Å². The number of carbonyl (C=O) groups is 3. The van der Waals surface area contributed by atoms with Gasteiger partial charge < -0.3 is 14.9 Å². The molecule has 1 aliphatic carbocycles. The van der Waals surface area contributed by atoms with Crippen molar-refractivity contribution in [1.82, 2.24) is 10.3 Å². The molecule has 190 valence electrons. The van der Waals surface area contributed by atoms with Gasteiger partial charge in [0.1, 0.15) is 25.0 Å². The van der Waals surface area contributed by atoms with Crippen LogP contribution in [0.25, 0.3) is 6.08 Å². The summed E-state index contributed by atoms with van der Waals surface area (Å²) in [6, 6.07) is 4.21. The summed E-state index contributed by atoms with van der Waals surface area (Å²) in [5.41, 5.74) is 1.82. The molecule has 0 fully saturated rings. The lowest BCUT2D eigenvalue weighted by molar-refractivity contribution is -0.153. The fourth-order valence-corrected chi connectivity index (χ4v) is 4.86. The second kappa shape index (κ2) is 11.1. The van der Waals surface area contributed by atoms with Crippen molar-refractivity contribution < 1.29 is 28.3 Å². The summed E-state index contributed by atoms with van der Waals surface area (Å²) in [5, 5.41) is 8.59. The summed E-state index contributed by atoms with van der Waals surface area (Å²) in [5.74, 6) is -2.63. The SMILES string of the molecule is CC(C)C1(C(=O)N[C@@H](CC(=O)OCc2cccs2)C(=O)CF)CC(c2nccc3c2C=CCC3)=NO1. The predicted molar refractivity (Wildman–Crippen MR) is 133 cm³/mol. The standard InChI is InChI=1S/C26H28FN3O5S/c1-16(2)26(13-21(30-35-26)24-19-8-4-3-6-17(19)9-10-28-24)25(33)29-20(22(31)14-27)12-23(32)34-15-18-7-5-11-36-18/h4-5,7-11,16,20H,3,6,12-15H2,1-2H3,(H,29,33)/t20-,26?/m0/s1. The number of halogens is 1. The van der Waals surface area contributed by atoms with Crippen LogP contribution in [0.5, 0.6) is 0 Å². The number of hydrogen-bond donors (Lipinski definition) is 1. The van der Waals surface area contributed by atoms with Crippen LogP contribution in [0.3, 0.4) is 0 Å². The van der Waals surface area contributed by atoms with Gasteiger partial charge in [-0.1, -0.05) is 37.2 Å². The van der Waals surface area contributed by atoms with Gasteiger partial charge in [0.15, 0.2) is 5.78 Å². The van der Waals surface area contributed by atoms with E-state index in [0.29, 0.717) is 11.4 Å². The van der Waals surface area contributed by atoms with E-state index in [1.807, 2.05) is 23.6 Å². The number of oxime groups is 1. The summed E-state index contributed by atoms with van der Waals surface area (Å²) in [4.78, 5) is 49.1. The quantitative estimate of drug-likeness (QED) is 0.485. The van der Waals surface area contributed by atoms with E-state index in [1.54, 1.807) is 26.1 Å². The van der Waals surface area contributed by atoms with Crippen molar-refractivity contribution in [2.75, 3.05) is 6.67 Å². The maximum atomic E-state index is 13.5. The van der Waals surface area contributed by atoms with Gasteiger partial charge in [0.05, 0.1) is 12.1 Å². The number of ether oxygens (including phenoxy) is 1. The summed E-state index contributed by atoms with van der Waals surface area (Å²) < 4.78 is 18.5. The molecule has 0 radical (unpaired) electrons. The molecule has 0 saturated carbocycles. The van der Waals surface area contributed by atoms with Crippen molar-refractivity contribution in [3.8, 4) is 0 Å². The zero-order valence-electron chi connectivity index (χ0n) is 20.2. The molecule has 2 aromatic rings. The van der Waals surface area contributed by atoms with Gasteiger partial charge in [-0.15, -0.1) is 11.3 Å². The summed E-state index contributed by atoms with van der Waals surface area (Å²) in [6.07, 6.45) is 7.24. The Morgan fingerprint density at radius 2 is 2.14 bits per heavy atom. The maximum Gasteiger partial charge on any atom is 0.308 e. The number of alkyl halides is 1. The molecule has 8 nitrogen and oxygen atoms in total. The number of nitrogens with zero attached hydrogens (tertiary/aromatic N) is 2. The second-order valence-electron chi connectivity index (χ2n) is 9.09. The van der Waals surface area contributed by atoms with E-state index in [1.165, 1.54) is 11.3 Å². The number of amides is 1. The minimum absolute atomic E-state index is 0.0417. The predicted octanol–water partition coefficient (Wildman–Crippen LogP) is 3.78. The number of carbonyl (C=O) groups excluding carboxylic acids is 3. The summed E-state index contributed by atoms with van der Waals surface area (Å²) in [7, 11) is 0. The van der Waals surface area contributed by atoms with Crippen LogP contribution in [0.15, 0.2) is 41.0 Å². The molecule has 1 amide bonds. The molecule has 0 bridgehead atoms. The van der Waals surface area contributed by atoms with E-state index < -0.39 is 42.4 Å². The first-order valence-electron chi connectivity index (χ1n) is 11.8. The average Bonchev–Trinajstić information content (AvgIpc) is 3.57. The molecule has 1 unspecified atom stereocenters. The van der Waals surface area contributed by atoms with Gasteiger partial charge in [0, 0.05) is 29.0 Å². The molecule has 36 heavy (non-hydrogen) atoms. The smallest absolute Gasteiger partial charge is 0.308 e. The number of Topliss-reactive ketones (excluding diaryl/α,β-unsaturated/α-hetero) is 1. The lowest BCUT2D eigenvalue weighted by atomic mass is 9.83. The number of fused-ring (bicyclic) bond motifs is 1. The highest BCUT2D eigenvalue weighted by atomic mass is 32.1. The van der Waals surface area contributed by atoms with Crippen molar-refractivity contribution >= 4 is 40.8 Å². The van der Waals surface area contributed by atoms with Crippen molar-refractivity contribution in [1.29, 1.82) is 0 Å². The molecular formula is C26H28FN3O5S. The number of aryl methyl sites for hydroxylation is 1. The van der Waals surface area contributed by atoms with Gasteiger partial charge in [-0.3, -0.25) is 19.4 Å². The maximum absolute atomic E-state index is 13.5. The van der Waals surface area contributed by atoms with E-state index in [9.17, 15) is 18.8 Å². The Morgan fingerprint density at radius 3 is 2.86 bits per heavy atom. The third-order valence-electron chi connectivity index (χ3n) is 6.44. The van der Waals surface area contributed by atoms with Gasteiger partial charge in [0.2, 0.25) is 5.60 Å². The zero-order valence-corrected chi connectivity index (χ0v) is 21.0. The third-order valence-corrected chi connectivity index (χ3v) is 7.29. The van der Waals surface area contributed by atoms with Crippen LogP contribution in [0.1, 0.15) is 54.8 Å². The number of allylic oxidation sites excluding steroid dienone is 1. The fourth-order valence-electron chi connectivity index (χ4n) is 4.25. The Kier molecular flexibility index (Phi) is 7.93. The number of pyridine rings is 1. The average molecular weight is 514 g/mol. The number of ketones is 1. The van der Waals surface area contributed by atoms with Gasteiger partial charge in [-0.2, -0.15) is 0 Å². The fraction of sp³-hybridized carbons (Fsp3) is 0.423. The lowest BCUT2D eigenvalue weighted by Crippen LogP contribution is -2.55. The molecule has 1 aliphatic heterocycles. The van der Waals surface area contributed by atoms with E-state index in [4.69, 9.17) is 9.57 Å². The molecular weight excluding hydrogens is 485 g/mol. The molecule has 10 heteroatoms. The zero-order chi connectivity index (χ0) is 25.7. The minimum Gasteiger partial charge on any atom is -0.460 e. The Bertz CT molecular complexity index is 1190. The number of thiophene rings is 1. The molecule has 1 N–H and O–H groups in total. The summed E-state index contributed by atoms with van der Waals surface area (Å²) >= 11 is 1.42. The van der Waals surface area contributed by atoms with Crippen LogP contribution >= 0.6 is 11.3 Å². The molecule has 4 rings (SSSR count). The van der Waals surface area contributed by atoms with Crippen molar-refractivity contribution in [3.63, 3.8) is 0 Å². The Balaban J connectivity index is 1.48. The van der Waals surface area contributed by atoms with Crippen LogP contribution in [-0.4, -0.2) is 46.7 Å². The third kappa shape index (κ3) is 5.38. The topological polar surface area (TPSA) is 107 Å². The molecule has 3 heterocycles. The number of aromatic nitrogens is 1. The van der Waals surface area contributed by atoms with Crippen LogP contribution in [0.4, 0.5) is 4.39 Å². The number of hydrogen-bond acceptors (Lipinski definition) is 8. The molecule has 0 saturated heterocycles. The van der Waals surface area contributed by atoms with Crippen LogP contribution < -0.4 is 5.32 Å². The van der Waals surface area contributed by atoms with Crippen LogP contribution in [0, 0.1) is 5.92 Å². The lowest BCUT2D eigenvalue weighted by Gasteiger charge is -2.30. The van der Waals surface area contributed by atoms with Gasteiger partial charge >= 0.3 is 5.97 Å². The normalized spacial score (nSPS) is 19.3.